The lowest BCUT2D eigenvalue weighted by Gasteiger charge is -2.39. The first-order chi connectivity index (χ1) is 13.6. The number of fused-ring (bicyclic) bond motifs is 2. The minimum Gasteiger partial charge on any atom is -0.366 e. The number of hydrogen-bond acceptors (Lipinski definition) is 3. The minimum absolute atomic E-state index is 0.319. The maximum atomic E-state index is 11.5. The molecule has 156 valence electrons. The Morgan fingerprint density at radius 3 is 2.54 bits per heavy atom. The summed E-state index contributed by atoms with van der Waals surface area (Å²) in [5, 5.41) is 3.65. The van der Waals surface area contributed by atoms with Crippen molar-refractivity contribution in [1.82, 2.24) is 10.2 Å². The summed E-state index contributed by atoms with van der Waals surface area (Å²) in [5.74, 6) is 1.10. The first-order valence-electron chi connectivity index (χ1n) is 11.5. The lowest BCUT2D eigenvalue weighted by Crippen LogP contribution is -2.42. The highest BCUT2D eigenvalue weighted by Gasteiger charge is 2.40. The monoisotopic (exact) mass is 385 g/mol. The Hall–Kier alpha value is -1.39. The van der Waals surface area contributed by atoms with Crippen molar-refractivity contribution in [2.45, 2.75) is 83.2 Å². The summed E-state index contributed by atoms with van der Waals surface area (Å²) in [6, 6.07) is 9.45. The molecule has 2 aliphatic rings. The first kappa shape index (κ1) is 21.3. The van der Waals surface area contributed by atoms with Crippen LogP contribution in [-0.4, -0.2) is 42.5 Å². The zero-order chi connectivity index (χ0) is 19.9. The first-order valence-corrected chi connectivity index (χ1v) is 11.5. The number of benzene rings is 1. The number of piperidine rings is 1. The molecule has 2 bridgehead atoms. The topological polar surface area (TPSA) is 58.4 Å². The van der Waals surface area contributed by atoms with Crippen molar-refractivity contribution in [3.8, 4) is 0 Å². The summed E-state index contributed by atoms with van der Waals surface area (Å²) >= 11 is 0. The van der Waals surface area contributed by atoms with E-state index in [1.165, 1.54) is 70.0 Å². The second kappa shape index (κ2) is 10.4. The van der Waals surface area contributed by atoms with E-state index in [1.807, 2.05) is 18.2 Å². The van der Waals surface area contributed by atoms with E-state index in [-0.39, 0.29) is 5.91 Å². The molecule has 2 saturated heterocycles. The summed E-state index contributed by atoms with van der Waals surface area (Å²) in [5.41, 5.74) is 7.42. The predicted molar refractivity (Wildman–Crippen MR) is 117 cm³/mol. The van der Waals surface area contributed by atoms with Gasteiger partial charge < -0.3 is 11.1 Å². The molecule has 4 heteroatoms. The van der Waals surface area contributed by atoms with Crippen LogP contribution in [0.15, 0.2) is 24.3 Å². The summed E-state index contributed by atoms with van der Waals surface area (Å²) in [6.45, 7) is 8.16. The van der Waals surface area contributed by atoms with Gasteiger partial charge in [-0.2, -0.15) is 0 Å². The smallest absolute Gasteiger partial charge is 0.248 e. The van der Waals surface area contributed by atoms with E-state index in [1.54, 1.807) is 0 Å². The molecule has 28 heavy (non-hydrogen) atoms. The Morgan fingerprint density at radius 2 is 1.89 bits per heavy atom. The Kier molecular flexibility index (Phi) is 7.92. The van der Waals surface area contributed by atoms with Crippen LogP contribution < -0.4 is 11.1 Å². The van der Waals surface area contributed by atoms with Crippen LogP contribution in [0.1, 0.15) is 87.1 Å². The number of amides is 1. The van der Waals surface area contributed by atoms with Crippen molar-refractivity contribution in [2.24, 2.45) is 11.7 Å². The number of carbonyl (C=O) groups excluding carboxylic acids is 1. The second-order valence-corrected chi connectivity index (χ2v) is 8.87. The highest BCUT2D eigenvalue weighted by molar-refractivity contribution is 5.92. The van der Waals surface area contributed by atoms with E-state index in [0.29, 0.717) is 11.5 Å². The molecular weight excluding hydrogens is 346 g/mol. The fourth-order valence-electron chi connectivity index (χ4n) is 5.29. The Morgan fingerprint density at radius 1 is 1.18 bits per heavy atom. The fourth-order valence-corrected chi connectivity index (χ4v) is 5.29. The molecule has 2 fully saturated rings. The van der Waals surface area contributed by atoms with E-state index in [9.17, 15) is 4.79 Å². The molecule has 0 spiro atoms. The van der Waals surface area contributed by atoms with Crippen molar-refractivity contribution in [3.63, 3.8) is 0 Å². The number of rotatable bonds is 11. The van der Waals surface area contributed by atoms with Gasteiger partial charge in [0, 0.05) is 17.6 Å². The third-order valence-electron chi connectivity index (χ3n) is 7.13. The van der Waals surface area contributed by atoms with Crippen molar-refractivity contribution < 1.29 is 4.79 Å². The number of nitrogens with two attached hydrogens (primary N) is 1. The highest BCUT2D eigenvalue weighted by Crippen LogP contribution is 2.43. The molecule has 0 saturated carbocycles. The number of primary amides is 1. The van der Waals surface area contributed by atoms with Crippen LogP contribution in [0.25, 0.3) is 0 Å². The lowest BCUT2D eigenvalue weighted by molar-refractivity contribution is 0.1000. The molecule has 1 aromatic rings. The average Bonchev–Trinajstić information content (AvgIpc) is 2.94. The van der Waals surface area contributed by atoms with Gasteiger partial charge in [-0.25, -0.2) is 0 Å². The van der Waals surface area contributed by atoms with Gasteiger partial charge in [-0.15, -0.1) is 0 Å². The second-order valence-electron chi connectivity index (χ2n) is 8.87. The molecule has 2 unspecified atom stereocenters. The number of hydrogen-bond donors (Lipinski definition) is 2. The number of nitrogens with zero attached hydrogens (tertiary/aromatic N) is 1. The quantitative estimate of drug-likeness (QED) is 0.558. The van der Waals surface area contributed by atoms with Crippen LogP contribution in [-0.2, 0) is 0 Å². The molecule has 4 nitrogen and oxygen atoms in total. The molecule has 3 N–H and O–H groups in total. The van der Waals surface area contributed by atoms with Gasteiger partial charge in [0.25, 0.3) is 0 Å². The summed E-state index contributed by atoms with van der Waals surface area (Å²) < 4.78 is 0. The molecule has 2 heterocycles. The molecule has 0 aliphatic carbocycles. The maximum absolute atomic E-state index is 11.5. The van der Waals surface area contributed by atoms with Crippen LogP contribution in [0.4, 0.5) is 0 Å². The molecule has 1 aromatic carbocycles. The van der Waals surface area contributed by atoms with E-state index in [0.717, 1.165) is 24.5 Å². The number of carbonyl (C=O) groups is 1. The molecular formula is C24H39N3O. The lowest BCUT2D eigenvalue weighted by atomic mass is 9.84. The SMILES string of the molecule is CCC(CC)CNCCCCN1C2CCC1CC(c1cccc(C(N)=O)c1)C2. The summed E-state index contributed by atoms with van der Waals surface area (Å²) in [6.07, 6.45) is 10.3. The normalized spacial score (nSPS) is 24.8. The molecule has 2 aliphatic heterocycles. The van der Waals surface area contributed by atoms with Crippen LogP contribution >= 0.6 is 0 Å². The van der Waals surface area contributed by atoms with E-state index < -0.39 is 0 Å². The average molecular weight is 386 g/mol. The third-order valence-corrected chi connectivity index (χ3v) is 7.13. The van der Waals surface area contributed by atoms with Crippen LogP contribution in [0.5, 0.6) is 0 Å². The largest absolute Gasteiger partial charge is 0.366 e. The van der Waals surface area contributed by atoms with Gasteiger partial charge >= 0.3 is 0 Å². The summed E-state index contributed by atoms with van der Waals surface area (Å²) in [4.78, 5) is 14.3. The van der Waals surface area contributed by atoms with Gasteiger partial charge in [-0.05, 0) is 87.7 Å². The third kappa shape index (κ3) is 5.36. The van der Waals surface area contributed by atoms with Crippen molar-refractivity contribution in [1.29, 1.82) is 0 Å². The van der Waals surface area contributed by atoms with Crippen molar-refractivity contribution in [2.75, 3.05) is 19.6 Å². The Bertz CT molecular complexity index is 614. The highest BCUT2D eigenvalue weighted by atomic mass is 16.1. The molecule has 2 atom stereocenters. The number of nitrogens with one attached hydrogen (secondary N) is 1. The zero-order valence-corrected chi connectivity index (χ0v) is 17.8. The van der Waals surface area contributed by atoms with Crippen molar-refractivity contribution in [3.05, 3.63) is 35.4 Å². The molecule has 3 rings (SSSR count). The zero-order valence-electron chi connectivity index (χ0n) is 17.8. The Labute approximate surface area is 171 Å². The van der Waals surface area contributed by atoms with Gasteiger partial charge in [0.2, 0.25) is 5.91 Å². The summed E-state index contributed by atoms with van der Waals surface area (Å²) in [7, 11) is 0. The Balaban J connectivity index is 1.43. The van der Waals surface area contributed by atoms with Crippen LogP contribution in [0, 0.1) is 5.92 Å². The van der Waals surface area contributed by atoms with E-state index >= 15 is 0 Å². The van der Waals surface area contributed by atoms with Crippen molar-refractivity contribution >= 4 is 5.91 Å². The van der Waals surface area contributed by atoms with Gasteiger partial charge in [-0.3, -0.25) is 9.69 Å². The van der Waals surface area contributed by atoms with Gasteiger partial charge in [0.1, 0.15) is 0 Å². The molecule has 0 radical (unpaired) electrons. The fraction of sp³-hybridized carbons (Fsp3) is 0.708. The minimum atomic E-state index is -0.319. The standard InChI is InChI=1S/C24H39N3O/c1-3-18(4-2)17-26-12-5-6-13-27-22-10-11-23(27)16-21(15-22)19-8-7-9-20(14-19)24(25)28/h7-9,14,18,21-23,26H,3-6,10-13,15-17H2,1-2H3,(H2,25,28). The van der Waals surface area contributed by atoms with Crippen LogP contribution in [0.2, 0.25) is 0 Å². The molecule has 1 amide bonds. The van der Waals surface area contributed by atoms with Gasteiger partial charge in [0.15, 0.2) is 0 Å². The number of unbranched alkanes of at least 4 members (excludes halogenated alkanes) is 1. The molecule has 0 aromatic heterocycles. The van der Waals surface area contributed by atoms with Crippen LogP contribution in [0.3, 0.4) is 0 Å². The van der Waals surface area contributed by atoms with E-state index in [2.05, 4.69) is 30.1 Å². The predicted octanol–water partition coefficient (Wildman–Crippen LogP) is 4.30. The van der Waals surface area contributed by atoms with E-state index in [4.69, 9.17) is 5.73 Å². The van der Waals surface area contributed by atoms with Gasteiger partial charge in [-0.1, -0.05) is 38.8 Å². The van der Waals surface area contributed by atoms with Gasteiger partial charge in [0.05, 0.1) is 0 Å². The maximum Gasteiger partial charge on any atom is 0.248 e.